The van der Waals surface area contributed by atoms with Gasteiger partial charge in [-0.25, -0.2) is 4.98 Å². The van der Waals surface area contributed by atoms with Crippen LogP contribution in [0.25, 0.3) is 11.0 Å². The average Bonchev–Trinajstić information content (AvgIpc) is 3.18. The number of ether oxygens (including phenoxy) is 1. The Hall–Kier alpha value is -2.41. The van der Waals surface area contributed by atoms with Crippen LogP contribution in [0.4, 0.5) is 5.82 Å². The molecule has 2 heterocycles. The van der Waals surface area contributed by atoms with Gasteiger partial charge in [0.1, 0.15) is 0 Å². The number of anilines is 1. The molecule has 2 aromatic rings. The second-order valence-electron chi connectivity index (χ2n) is 6.52. The fourth-order valence-corrected chi connectivity index (χ4v) is 3.28. The van der Waals surface area contributed by atoms with Crippen LogP contribution >= 0.6 is 0 Å². The zero-order valence-electron chi connectivity index (χ0n) is 15.2. The minimum absolute atomic E-state index is 0.0587. The predicted molar refractivity (Wildman–Crippen MR) is 102 cm³/mol. The zero-order valence-corrected chi connectivity index (χ0v) is 15.2. The summed E-state index contributed by atoms with van der Waals surface area (Å²) in [5.41, 5.74) is 1.44. The summed E-state index contributed by atoms with van der Waals surface area (Å²) in [6.07, 6.45) is 3.20. The van der Waals surface area contributed by atoms with E-state index in [0.29, 0.717) is 25.5 Å². The number of hydrogen-bond donors (Lipinski definition) is 1. The van der Waals surface area contributed by atoms with E-state index in [0.717, 1.165) is 43.4 Å². The van der Waals surface area contributed by atoms with Crippen LogP contribution in [0, 0.1) is 0 Å². The lowest BCUT2D eigenvalue weighted by molar-refractivity contribution is -0.121. The van der Waals surface area contributed by atoms with Crippen molar-refractivity contribution in [3.05, 3.63) is 34.6 Å². The van der Waals surface area contributed by atoms with Crippen molar-refractivity contribution in [2.24, 2.45) is 0 Å². The molecule has 26 heavy (non-hydrogen) atoms. The monoisotopic (exact) mass is 358 g/mol. The van der Waals surface area contributed by atoms with Gasteiger partial charge in [-0.3, -0.25) is 9.59 Å². The number of rotatable bonds is 8. The highest BCUT2D eigenvalue weighted by Crippen LogP contribution is 2.18. The maximum absolute atomic E-state index is 13.0. The SMILES string of the molecule is COCCCNC(=O)CCn1c(=O)c(N2CCCC2)nc2ccccc21. The molecular formula is C19H26N4O3. The molecule has 1 aromatic heterocycles. The quantitative estimate of drug-likeness (QED) is 0.725. The number of para-hydroxylation sites is 2. The number of carbonyl (C=O) groups excluding carboxylic acids is 1. The van der Waals surface area contributed by atoms with Gasteiger partial charge in [0.15, 0.2) is 5.82 Å². The fourth-order valence-electron chi connectivity index (χ4n) is 3.28. The summed E-state index contributed by atoms with van der Waals surface area (Å²) >= 11 is 0. The third-order valence-electron chi connectivity index (χ3n) is 4.65. The normalized spacial score (nSPS) is 14.1. The summed E-state index contributed by atoms with van der Waals surface area (Å²) < 4.78 is 6.66. The largest absolute Gasteiger partial charge is 0.385 e. The molecule has 0 atom stereocenters. The number of amides is 1. The van der Waals surface area contributed by atoms with Gasteiger partial charge in [-0.1, -0.05) is 12.1 Å². The first-order valence-electron chi connectivity index (χ1n) is 9.21. The molecule has 140 valence electrons. The number of carbonyl (C=O) groups is 1. The van der Waals surface area contributed by atoms with Crippen LogP contribution in [0.2, 0.25) is 0 Å². The lowest BCUT2D eigenvalue weighted by atomic mass is 10.2. The molecule has 1 aliphatic rings. The van der Waals surface area contributed by atoms with Crippen molar-refractivity contribution in [3.63, 3.8) is 0 Å². The summed E-state index contributed by atoms with van der Waals surface area (Å²) in [5.74, 6) is 0.443. The molecule has 1 aromatic carbocycles. The van der Waals surface area contributed by atoms with Crippen LogP contribution in [-0.4, -0.2) is 48.8 Å². The summed E-state index contributed by atoms with van der Waals surface area (Å²) in [6, 6.07) is 7.60. The highest BCUT2D eigenvalue weighted by molar-refractivity contribution is 5.78. The van der Waals surface area contributed by atoms with Crippen molar-refractivity contribution < 1.29 is 9.53 Å². The van der Waals surface area contributed by atoms with E-state index >= 15 is 0 Å². The Kier molecular flexibility index (Phi) is 6.22. The first-order valence-corrected chi connectivity index (χ1v) is 9.21. The van der Waals surface area contributed by atoms with Gasteiger partial charge in [-0.05, 0) is 31.4 Å². The topological polar surface area (TPSA) is 76.5 Å². The number of aryl methyl sites for hydroxylation is 1. The third-order valence-corrected chi connectivity index (χ3v) is 4.65. The van der Waals surface area contributed by atoms with E-state index in [1.807, 2.05) is 24.3 Å². The maximum Gasteiger partial charge on any atom is 0.294 e. The van der Waals surface area contributed by atoms with Crippen LogP contribution in [0.3, 0.4) is 0 Å². The molecule has 1 aliphatic heterocycles. The van der Waals surface area contributed by atoms with E-state index in [1.165, 1.54) is 0 Å². The van der Waals surface area contributed by atoms with Crippen LogP contribution in [0.1, 0.15) is 25.7 Å². The van der Waals surface area contributed by atoms with E-state index in [4.69, 9.17) is 4.74 Å². The van der Waals surface area contributed by atoms with Crippen LogP contribution in [-0.2, 0) is 16.1 Å². The molecule has 0 aliphatic carbocycles. The van der Waals surface area contributed by atoms with Gasteiger partial charge in [-0.15, -0.1) is 0 Å². The van der Waals surface area contributed by atoms with E-state index < -0.39 is 0 Å². The van der Waals surface area contributed by atoms with Gasteiger partial charge in [0.05, 0.1) is 11.0 Å². The highest BCUT2D eigenvalue weighted by atomic mass is 16.5. The second kappa shape index (κ2) is 8.80. The zero-order chi connectivity index (χ0) is 18.4. The standard InChI is InChI=1S/C19H26N4O3/c1-26-14-6-10-20-17(24)9-13-23-16-8-3-2-7-15(16)21-18(19(23)25)22-11-4-5-12-22/h2-3,7-8H,4-6,9-14H2,1H3,(H,20,24). The Morgan fingerprint density at radius 3 is 2.81 bits per heavy atom. The van der Waals surface area contributed by atoms with Crippen molar-refractivity contribution in [1.29, 1.82) is 0 Å². The lowest BCUT2D eigenvalue weighted by Gasteiger charge is -2.19. The van der Waals surface area contributed by atoms with Gasteiger partial charge in [0.25, 0.3) is 5.56 Å². The third kappa shape index (κ3) is 4.22. The molecule has 0 spiro atoms. The van der Waals surface area contributed by atoms with Gasteiger partial charge >= 0.3 is 0 Å². The molecule has 0 saturated carbocycles. The van der Waals surface area contributed by atoms with Gasteiger partial charge in [-0.2, -0.15) is 0 Å². The van der Waals surface area contributed by atoms with Gasteiger partial charge in [0.2, 0.25) is 5.91 Å². The van der Waals surface area contributed by atoms with E-state index in [9.17, 15) is 9.59 Å². The van der Waals surface area contributed by atoms with E-state index in [1.54, 1.807) is 11.7 Å². The number of benzene rings is 1. The number of hydrogen-bond acceptors (Lipinski definition) is 5. The smallest absolute Gasteiger partial charge is 0.294 e. The molecule has 1 N–H and O–H groups in total. The second-order valence-corrected chi connectivity index (χ2v) is 6.52. The van der Waals surface area contributed by atoms with Crippen LogP contribution < -0.4 is 15.8 Å². The summed E-state index contributed by atoms with van der Waals surface area (Å²) in [7, 11) is 1.64. The Bertz CT molecular complexity index is 812. The molecule has 7 heteroatoms. The van der Waals surface area contributed by atoms with E-state index in [2.05, 4.69) is 15.2 Å². The predicted octanol–water partition coefficient (Wildman–Crippen LogP) is 1.54. The van der Waals surface area contributed by atoms with Crippen molar-refractivity contribution >= 4 is 22.8 Å². The average molecular weight is 358 g/mol. The van der Waals surface area contributed by atoms with Crippen molar-refractivity contribution in [2.75, 3.05) is 38.3 Å². The molecule has 0 unspecified atom stereocenters. The fraction of sp³-hybridized carbons (Fsp3) is 0.526. The minimum atomic E-state index is -0.113. The molecule has 1 fully saturated rings. The van der Waals surface area contributed by atoms with E-state index in [-0.39, 0.29) is 17.9 Å². The highest BCUT2D eigenvalue weighted by Gasteiger charge is 2.20. The maximum atomic E-state index is 13.0. The van der Waals surface area contributed by atoms with Gasteiger partial charge < -0.3 is 19.5 Å². The van der Waals surface area contributed by atoms with Crippen LogP contribution in [0.15, 0.2) is 29.1 Å². The number of nitrogens with zero attached hydrogens (tertiary/aromatic N) is 3. The Morgan fingerprint density at radius 2 is 2.04 bits per heavy atom. The molecule has 1 saturated heterocycles. The molecule has 7 nitrogen and oxygen atoms in total. The van der Waals surface area contributed by atoms with Gasteiger partial charge in [0, 0.05) is 46.3 Å². The van der Waals surface area contributed by atoms with Crippen molar-refractivity contribution in [2.45, 2.75) is 32.2 Å². The van der Waals surface area contributed by atoms with Crippen molar-refractivity contribution in [3.8, 4) is 0 Å². The number of fused-ring (bicyclic) bond motifs is 1. The first kappa shape index (κ1) is 18.4. The lowest BCUT2D eigenvalue weighted by Crippen LogP contribution is -2.33. The first-order chi connectivity index (χ1) is 12.7. The molecule has 0 radical (unpaired) electrons. The minimum Gasteiger partial charge on any atom is -0.385 e. The van der Waals surface area contributed by atoms with Crippen molar-refractivity contribution in [1.82, 2.24) is 14.9 Å². The number of methoxy groups -OCH3 is 1. The summed E-state index contributed by atoms with van der Waals surface area (Å²) in [4.78, 5) is 31.7. The molecule has 0 bridgehead atoms. The Labute approximate surface area is 153 Å². The van der Waals surface area contributed by atoms with Crippen LogP contribution in [0.5, 0.6) is 0 Å². The Morgan fingerprint density at radius 1 is 1.27 bits per heavy atom. The molecule has 3 rings (SSSR count). The number of aromatic nitrogens is 2. The molecule has 1 amide bonds. The number of nitrogens with one attached hydrogen (secondary N) is 1. The molecular weight excluding hydrogens is 332 g/mol. The Balaban J connectivity index is 1.79. The summed E-state index contributed by atoms with van der Waals surface area (Å²) in [6.45, 7) is 3.27. The summed E-state index contributed by atoms with van der Waals surface area (Å²) in [5, 5.41) is 2.86.